The molecule has 0 aliphatic carbocycles. The summed E-state index contributed by atoms with van der Waals surface area (Å²) in [5.41, 5.74) is 5.69. The van der Waals surface area contributed by atoms with Crippen LogP contribution in [0.4, 0.5) is 5.13 Å². The van der Waals surface area contributed by atoms with Gasteiger partial charge in [0.25, 0.3) is 0 Å². The Balaban J connectivity index is 2.05. The second-order valence-electron chi connectivity index (χ2n) is 2.99. The van der Waals surface area contributed by atoms with E-state index in [2.05, 4.69) is 15.8 Å². The van der Waals surface area contributed by atoms with Gasteiger partial charge in [0.2, 0.25) is 0 Å². The molecule has 1 aromatic carbocycles. The fourth-order valence-corrected chi connectivity index (χ4v) is 2.22. The maximum absolute atomic E-state index is 10.3. The summed E-state index contributed by atoms with van der Waals surface area (Å²) in [5.74, 6) is -0.678. The first kappa shape index (κ1) is 11.3. The van der Waals surface area contributed by atoms with E-state index >= 15 is 0 Å². The summed E-state index contributed by atoms with van der Waals surface area (Å²) in [5, 5.41) is 0.518. The smallest absolute Gasteiger partial charge is 0.198 e. The molecule has 16 heavy (non-hydrogen) atoms. The Labute approximate surface area is 96.0 Å². The highest BCUT2D eigenvalue weighted by Gasteiger charge is 2.02. The predicted molar refractivity (Wildman–Crippen MR) is 60.9 cm³/mol. The molecule has 0 saturated heterocycles. The Morgan fingerprint density at radius 3 is 2.81 bits per heavy atom. The monoisotopic (exact) mass is 258 g/mol. The van der Waals surface area contributed by atoms with Crippen LogP contribution in [0.15, 0.2) is 24.3 Å². The highest BCUT2D eigenvalue weighted by Crippen LogP contribution is 2.24. The number of benzene rings is 1. The average Bonchev–Trinajstić information content (AvgIpc) is 2.57. The van der Waals surface area contributed by atoms with E-state index in [4.69, 9.17) is 0 Å². The third-order valence-corrected chi connectivity index (χ3v) is 3.19. The molecule has 2 aromatic rings. The van der Waals surface area contributed by atoms with Gasteiger partial charge in [-0.3, -0.25) is 5.43 Å². The molecule has 0 aliphatic heterocycles. The summed E-state index contributed by atoms with van der Waals surface area (Å²) in [6, 6.07) is 7.51. The van der Waals surface area contributed by atoms with E-state index in [1.807, 2.05) is 24.3 Å². The van der Waals surface area contributed by atoms with Crippen molar-refractivity contribution in [3.63, 3.8) is 0 Å². The number of anilines is 1. The molecule has 2 N–H and O–H groups in total. The zero-order valence-electron chi connectivity index (χ0n) is 8.00. The van der Waals surface area contributed by atoms with Gasteiger partial charge in [-0.15, -0.1) is 0 Å². The minimum Gasteiger partial charge on any atom is -0.747 e. The van der Waals surface area contributed by atoms with E-state index in [9.17, 15) is 13.0 Å². The number of fused-ring (bicyclic) bond motifs is 1. The first-order chi connectivity index (χ1) is 7.54. The minimum absolute atomic E-state index is 0.518. The van der Waals surface area contributed by atoms with Crippen LogP contribution in [0.25, 0.3) is 10.2 Å². The molecule has 0 unspecified atom stereocenters. The molecule has 0 bridgehead atoms. The van der Waals surface area contributed by atoms with Crippen molar-refractivity contribution in [3.05, 3.63) is 24.3 Å². The van der Waals surface area contributed by atoms with Crippen molar-refractivity contribution in [2.24, 2.45) is 0 Å². The molecule has 8 heteroatoms. The first-order valence-electron chi connectivity index (χ1n) is 4.33. The molecule has 0 atom stereocenters. The van der Waals surface area contributed by atoms with Crippen LogP contribution in [0.2, 0.25) is 0 Å². The van der Waals surface area contributed by atoms with Gasteiger partial charge in [-0.1, -0.05) is 23.5 Å². The van der Waals surface area contributed by atoms with E-state index in [1.165, 1.54) is 11.3 Å². The quantitative estimate of drug-likeness (QED) is 0.619. The topological polar surface area (TPSA) is 94.2 Å². The normalized spacial score (nSPS) is 11.8. The van der Waals surface area contributed by atoms with Gasteiger partial charge < -0.3 is 4.55 Å². The largest absolute Gasteiger partial charge is 0.747 e. The highest BCUT2D eigenvalue weighted by molar-refractivity contribution is 7.85. The zero-order chi connectivity index (χ0) is 11.6. The van der Waals surface area contributed by atoms with Gasteiger partial charge in [0.1, 0.15) is 16.0 Å². The van der Waals surface area contributed by atoms with E-state index in [1.54, 1.807) is 0 Å². The van der Waals surface area contributed by atoms with Crippen molar-refractivity contribution in [1.82, 2.24) is 10.4 Å². The second-order valence-corrected chi connectivity index (χ2v) is 5.43. The number of para-hydroxylation sites is 1. The van der Waals surface area contributed by atoms with Crippen LogP contribution in [0.3, 0.4) is 0 Å². The third-order valence-electron chi connectivity index (χ3n) is 1.74. The van der Waals surface area contributed by atoms with Gasteiger partial charge in [0.05, 0.1) is 10.2 Å². The number of aromatic nitrogens is 1. The number of nitrogens with zero attached hydrogens (tertiary/aromatic N) is 1. The molecule has 6 nitrogen and oxygen atoms in total. The number of hydrogen-bond donors (Lipinski definition) is 2. The van der Waals surface area contributed by atoms with Gasteiger partial charge in [-0.25, -0.2) is 18.8 Å². The van der Waals surface area contributed by atoms with Crippen molar-refractivity contribution in [2.75, 3.05) is 11.3 Å². The van der Waals surface area contributed by atoms with Crippen molar-refractivity contribution in [3.8, 4) is 0 Å². The standard InChI is InChI=1S/C8H9N3O3S2/c12-16(13,14)5-9-11-8-10-6-3-1-2-4-7(6)15-8/h1-4,9H,5H2,(H,10,11)(H,12,13,14)/p-1. The Bertz CT molecular complexity index is 560. The molecule has 0 radical (unpaired) electrons. The molecular formula is C8H8N3O3S2-. The number of hydrogen-bond acceptors (Lipinski definition) is 7. The molecule has 0 amide bonds. The summed E-state index contributed by atoms with van der Waals surface area (Å²) < 4.78 is 31.9. The Hall–Kier alpha value is -1.22. The molecule has 1 heterocycles. The SMILES string of the molecule is O=S(=O)([O-])CNNc1nc2ccccc2s1. The molecule has 0 aliphatic rings. The molecule has 2 rings (SSSR count). The third kappa shape index (κ3) is 2.89. The van der Waals surface area contributed by atoms with Crippen LogP contribution in [0.5, 0.6) is 0 Å². The van der Waals surface area contributed by atoms with Crippen molar-refractivity contribution >= 4 is 36.8 Å². The van der Waals surface area contributed by atoms with Crippen LogP contribution < -0.4 is 10.9 Å². The zero-order valence-corrected chi connectivity index (χ0v) is 9.64. The second kappa shape index (κ2) is 4.34. The van der Waals surface area contributed by atoms with E-state index < -0.39 is 16.0 Å². The summed E-state index contributed by atoms with van der Waals surface area (Å²) in [7, 11) is -4.27. The lowest BCUT2D eigenvalue weighted by molar-refractivity contribution is 0.459. The molecular weight excluding hydrogens is 250 g/mol. The summed E-state index contributed by atoms with van der Waals surface area (Å²) in [6.07, 6.45) is 0. The molecule has 86 valence electrons. The Morgan fingerprint density at radius 2 is 2.12 bits per heavy atom. The number of thiazole rings is 1. The van der Waals surface area contributed by atoms with Crippen LogP contribution in [0, 0.1) is 0 Å². The van der Waals surface area contributed by atoms with Crippen molar-refractivity contribution < 1.29 is 13.0 Å². The Morgan fingerprint density at radius 1 is 1.38 bits per heavy atom. The van der Waals surface area contributed by atoms with E-state index in [-0.39, 0.29) is 0 Å². The van der Waals surface area contributed by atoms with Gasteiger partial charge in [-0.05, 0) is 12.1 Å². The van der Waals surface area contributed by atoms with E-state index in [0.29, 0.717) is 5.13 Å². The predicted octanol–water partition coefficient (Wildman–Crippen LogP) is 0.715. The van der Waals surface area contributed by atoms with Crippen LogP contribution in [0.1, 0.15) is 0 Å². The molecule has 1 aromatic heterocycles. The molecule has 0 saturated carbocycles. The summed E-state index contributed by atoms with van der Waals surface area (Å²) in [6.45, 7) is 0. The van der Waals surface area contributed by atoms with E-state index in [0.717, 1.165) is 10.2 Å². The van der Waals surface area contributed by atoms with Gasteiger partial charge in [0, 0.05) is 0 Å². The molecule has 0 spiro atoms. The fraction of sp³-hybridized carbons (Fsp3) is 0.125. The maximum Gasteiger partial charge on any atom is 0.198 e. The summed E-state index contributed by atoms with van der Waals surface area (Å²) >= 11 is 1.37. The lowest BCUT2D eigenvalue weighted by atomic mass is 10.3. The van der Waals surface area contributed by atoms with Crippen LogP contribution in [-0.2, 0) is 10.1 Å². The maximum atomic E-state index is 10.3. The lowest BCUT2D eigenvalue weighted by Crippen LogP contribution is -2.28. The minimum atomic E-state index is -4.27. The lowest BCUT2D eigenvalue weighted by Gasteiger charge is -2.08. The average molecular weight is 258 g/mol. The van der Waals surface area contributed by atoms with Gasteiger partial charge in [0.15, 0.2) is 5.13 Å². The molecule has 0 fully saturated rings. The number of hydrazine groups is 1. The van der Waals surface area contributed by atoms with Gasteiger partial charge in [-0.2, -0.15) is 0 Å². The van der Waals surface area contributed by atoms with Gasteiger partial charge >= 0.3 is 0 Å². The number of rotatable bonds is 4. The summed E-state index contributed by atoms with van der Waals surface area (Å²) in [4.78, 5) is 4.18. The first-order valence-corrected chi connectivity index (χ1v) is 6.72. The fourth-order valence-electron chi connectivity index (χ4n) is 1.13. The van der Waals surface area contributed by atoms with Crippen molar-refractivity contribution in [1.29, 1.82) is 0 Å². The Kier molecular flexibility index (Phi) is 3.06. The number of nitrogens with one attached hydrogen (secondary N) is 2. The van der Waals surface area contributed by atoms with Crippen LogP contribution in [-0.4, -0.2) is 23.8 Å². The highest BCUT2D eigenvalue weighted by atomic mass is 32.2. The van der Waals surface area contributed by atoms with Crippen molar-refractivity contribution in [2.45, 2.75) is 0 Å². The van der Waals surface area contributed by atoms with Crippen LogP contribution >= 0.6 is 11.3 Å².